The summed E-state index contributed by atoms with van der Waals surface area (Å²) in [6.07, 6.45) is 1.78. The van der Waals surface area contributed by atoms with E-state index in [1.165, 1.54) is 0 Å². The van der Waals surface area contributed by atoms with Gasteiger partial charge in [0.25, 0.3) is 0 Å². The van der Waals surface area contributed by atoms with Crippen molar-refractivity contribution in [3.05, 3.63) is 35.9 Å². The van der Waals surface area contributed by atoms with Gasteiger partial charge in [-0.3, -0.25) is 0 Å². The summed E-state index contributed by atoms with van der Waals surface area (Å²) in [5, 5.41) is 0. The Hall–Kier alpha value is -0.110. The summed E-state index contributed by atoms with van der Waals surface area (Å²) in [4.78, 5) is 9.88. The quantitative estimate of drug-likeness (QED) is 0.320. The maximum atomic E-state index is 9.88. The summed E-state index contributed by atoms with van der Waals surface area (Å²) in [7, 11) is 0. The van der Waals surface area contributed by atoms with Gasteiger partial charge in [-0.1, -0.05) is 6.07 Å². The van der Waals surface area contributed by atoms with E-state index in [9.17, 15) is 4.79 Å². The van der Waals surface area contributed by atoms with Gasteiger partial charge < -0.3 is 4.79 Å². The Bertz CT molecular complexity index is 172. The average Bonchev–Trinajstić information content (AvgIpc) is 1.90. The molecule has 0 aromatic heterocycles. The Morgan fingerprint density at radius 3 is 2.00 bits per heavy atom. The molecule has 2 heteroatoms. The first kappa shape index (κ1) is 8.89. The van der Waals surface area contributed by atoms with Crippen molar-refractivity contribution in [3.63, 3.8) is 0 Å². The molecule has 0 N–H and O–H groups in total. The molecule has 1 aromatic carbocycles. The summed E-state index contributed by atoms with van der Waals surface area (Å²) >= 11 is 0. The fraction of sp³-hybridized carbons (Fsp3) is 0. The largest absolute Gasteiger partial charge is 1.00 e. The standard InChI is InChI=1S/C7H5O.Na/c8-6-7-4-2-1-3-5-7;/h1-5H;/q-1;+1. The number of rotatable bonds is 1. The molecule has 0 fully saturated rings. The molecule has 0 spiro atoms. The van der Waals surface area contributed by atoms with E-state index in [2.05, 4.69) is 0 Å². The van der Waals surface area contributed by atoms with Crippen molar-refractivity contribution in [1.29, 1.82) is 0 Å². The average molecular weight is 128 g/mol. The third-order valence-electron chi connectivity index (χ3n) is 0.892. The van der Waals surface area contributed by atoms with Crippen molar-refractivity contribution < 1.29 is 34.4 Å². The normalized spacial score (nSPS) is 7.56. The van der Waals surface area contributed by atoms with Crippen LogP contribution in [0, 0.1) is 0 Å². The van der Waals surface area contributed by atoms with E-state index in [1.807, 2.05) is 6.07 Å². The fourth-order valence-electron chi connectivity index (χ4n) is 0.506. The Labute approximate surface area is 76.4 Å². The van der Waals surface area contributed by atoms with Crippen molar-refractivity contribution in [2.24, 2.45) is 0 Å². The number of benzene rings is 1. The monoisotopic (exact) mass is 128 g/mol. The second-order valence-electron chi connectivity index (χ2n) is 1.47. The Kier molecular flexibility index (Phi) is 4.68. The van der Waals surface area contributed by atoms with Crippen molar-refractivity contribution in [3.8, 4) is 0 Å². The van der Waals surface area contributed by atoms with E-state index in [1.54, 1.807) is 30.6 Å². The molecule has 0 aliphatic heterocycles. The van der Waals surface area contributed by atoms with Crippen LogP contribution in [0.1, 0.15) is 5.56 Å². The van der Waals surface area contributed by atoms with Gasteiger partial charge in [0, 0.05) is 0 Å². The van der Waals surface area contributed by atoms with Crippen LogP contribution in [0.25, 0.3) is 0 Å². The zero-order valence-electron chi connectivity index (χ0n) is 5.29. The van der Waals surface area contributed by atoms with Gasteiger partial charge in [0.1, 0.15) is 0 Å². The molecule has 40 valence electrons. The van der Waals surface area contributed by atoms with Crippen molar-refractivity contribution >= 4 is 6.29 Å². The summed E-state index contributed by atoms with van der Waals surface area (Å²) in [5.74, 6) is 0. The van der Waals surface area contributed by atoms with Gasteiger partial charge in [-0.2, -0.15) is 17.7 Å². The third-order valence-corrected chi connectivity index (χ3v) is 0.892. The Balaban J connectivity index is 0.000000640. The fourth-order valence-corrected chi connectivity index (χ4v) is 0.506. The molecule has 0 saturated carbocycles. The van der Waals surface area contributed by atoms with E-state index in [0.717, 1.165) is 0 Å². The topological polar surface area (TPSA) is 17.1 Å². The minimum Gasteiger partial charge on any atom is -0.376 e. The van der Waals surface area contributed by atoms with Crippen molar-refractivity contribution in [1.82, 2.24) is 0 Å². The molecule has 0 radical (unpaired) electrons. The van der Waals surface area contributed by atoms with Crippen LogP contribution in [-0.2, 0) is 4.79 Å². The van der Waals surface area contributed by atoms with Gasteiger partial charge in [-0.25, -0.2) is 0 Å². The van der Waals surface area contributed by atoms with Gasteiger partial charge in [0.05, 0.1) is 6.29 Å². The second-order valence-corrected chi connectivity index (χ2v) is 1.47. The number of hydrogen-bond donors (Lipinski definition) is 0. The number of carbonyl (C=O) groups excluding carboxylic acids is 1. The summed E-state index contributed by atoms with van der Waals surface area (Å²) < 4.78 is 0. The van der Waals surface area contributed by atoms with Crippen LogP contribution in [0.5, 0.6) is 0 Å². The minimum absolute atomic E-state index is 0. The van der Waals surface area contributed by atoms with Gasteiger partial charge in [-0.15, -0.1) is 12.1 Å². The first-order valence-corrected chi connectivity index (χ1v) is 2.36. The van der Waals surface area contributed by atoms with Crippen LogP contribution < -0.4 is 29.6 Å². The van der Waals surface area contributed by atoms with E-state index >= 15 is 0 Å². The molecule has 0 unspecified atom stereocenters. The van der Waals surface area contributed by atoms with E-state index < -0.39 is 0 Å². The maximum Gasteiger partial charge on any atom is 1.00 e. The molecule has 0 bridgehead atoms. The molecule has 0 aliphatic rings. The SMILES string of the molecule is O=[C-]c1ccccc1.[Na+]. The van der Waals surface area contributed by atoms with Gasteiger partial charge in [0.15, 0.2) is 0 Å². The van der Waals surface area contributed by atoms with Crippen molar-refractivity contribution in [2.75, 3.05) is 0 Å². The molecule has 9 heavy (non-hydrogen) atoms. The minimum atomic E-state index is 0. The molecule has 1 nitrogen and oxygen atoms in total. The predicted molar refractivity (Wildman–Crippen MR) is 31.2 cm³/mol. The maximum absolute atomic E-state index is 9.88. The van der Waals surface area contributed by atoms with Crippen molar-refractivity contribution in [2.45, 2.75) is 0 Å². The van der Waals surface area contributed by atoms with Crippen LogP contribution in [0.15, 0.2) is 30.3 Å². The molecule has 0 heterocycles. The van der Waals surface area contributed by atoms with E-state index in [-0.39, 0.29) is 29.6 Å². The summed E-state index contributed by atoms with van der Waals surface area (Å²) in [5.41, 5.74) is 0.604. The summed E-state index contributed by atoms with van der Waals surface area (Å²) in [6.45, 7) is 0. The predicted octanol–water partition coefficient (Wildman–Crippen LogP) is -1.85. The van der Waals surface area contributed by atoms with Gasteiger partial charge >= 0.3 is 29.6 Å². The van der Waals surface area contributed by atoms with Crippen LogP contribution in [0.3, 0.4) is 0 Å². The second kappa shape index (κ2) is 4.74. The number of hydrogen-bond acceptors (Lipinski definition) is 1. The molecule has 1 rings (SSSR count). The van der Waals surface area contributed by atoms with Gasteiger partial charge in [0.2, 0.25) is 0 Å². The summed E-state index contributed by atoms with van der Waals surface area (Å²) in [6, 6.07) is 8.90. The molecule has 0 amide bonds. The zero-order valence-corrected chi connectivity index (χ0v) is 7.29. The molecule has 1 aromatic rings. The van der Waals surface area contributed by atoms with Gasteiger partial charge in [-0.05, 0) is 0 Å². The molecule has 0 aliphatic carbocycles. The van der Waals surface area contributed by atoms with E-state index in [4.69, 9.17) is 0 Å². The molecular weight excluding hydrogens is 123 g/mol. The Morgan fingerprint density at radius 2 is 1.67 bits per heavy atom. The van der Waals surface area contributed by atoms with Crippen LogP contribution in [0.2, 0.25) is 0 Å². The molecule has 0 saturated heterocycles. The molecule has 0 atom stereocenters. The third kappa shape index (κ3) is 2.80. The smallest absolute Gasteiger partial charge is 0.376 e. The van der Waals surface area contributed by atoms with Crippen LogP contribution in [0.4, 0.5) is 0 Å². The van der Waals surface area contributed by atoms with Crippen LogP contribution >= 0.6 is 0 Å². The zero-order chi connectivity index (χ0) is 5.82. The van der Waals surface area contributed by atoms with E-state index in [0.29, 0.717) is 5.56 Å². The Morgan fingerprint density at radius 1 is 1.11 bits per heavy atom. The molecular formula is C7H5NaO. The first-order valence-electron chi connectivity index (χ1n) is 2.36. The van der Waals surface area contributed by atoms with Crippen LogP contribution in [-0.4, -0.2) is 6.29 Å². The first-order chi connectivity index (χ1) is 3.93.